The molecule has 0 atom stereocenters. The molecule has 0 bridgehead atoms. The van der Waals surface area contributed by atoms with Crippen molar-refractivity contribution in [3.05, 3.63) is 47.8 Å². The number of rotatable bonds is 5. The predicted octanol–water partition coefficient (Wildman–Crippen LogP) is 2.62. The van der Waals surface area contributed by atoms with Gasteiger partial charge in [0, 0.05) is 11.8 Å². The maximum Gasteiger partial charge on any atom is 0.435 e. The van der Waals surface area contributed by atoms with E-state index in [0.29, 0.717) is 5.75 Å². The lowest BCUT2D eigenvalue weighted by atomic mass is 10.2. The summed E-state index contributed by atoms with van der Waals surface area (Å²) in [6.45, 7) is 0.415. The molecule has 1 aromatic heterocycles. The van der Waals surface area contributed by atoms with E-state index in [4.69, 9.17) is 22.7 Å². The van der Waals surface area contributed by atoms with E-state index in [1.165, 1.54) is 10.9 Å². The molecule has 2 aromatic rings. The van der Waals surface area contributed by atoms with Gasteiger partial charge in [-0.2, -0.15) is 18.3 Å². The molecule has 2 rings (SSSR count). The van der Waals surface area contributed by atoms with Gasteiger partial charge in [-0.05, 0) is 30.3 Å². The minimum atomic E-state index is -4.43. The first-order valence-electron chi connectivity index (χ1n) is 5.99. The minimum absolute atomic E-state index is 0.200. The van der Waals surface area contributed by atoms with Crippen molar-refractivity contribution in [1.82, 2.24) is 9.78 Å². The Balaban J connectivity index is 1.86. The van der Waals surface area contributed by atoms with Crippen LogP contribution in [0.3, 0.4) is 0 Å². The molecule has 0 unspecified atom stereocenters. The normalized spacial score (nSPS) is 11.4. The fraction of sp³-hybridized carbons (Fsp3) is 0.231. The smallest absolute Gasteiger partial charge is 0.435 e. The first-order chi connectivity index (χ1) is 9.86. The highest BCUT2D eigenvalue weighted by molar-refractivity contribution is 7.80. The van der Waals surface area contributed by atoms with Gasteiger partial charge in [0.05, 0.1) is 6.54 Å². The van der Waals surface area contributed by atoms with Crippen molar-refractivity contribution in [1.29, 1.82) is 0 Å². The molecule has 0 radical (unpaired) electrons. The van der Waals surface area contributed by atoms with Crippen LogP contribution >= 0.6 is 12.2 Å². The van der Waals surface area contributed by atoms with Gasteiger partial charge in [-0.25, -0.2) is 0 Å². The van der Waals surface area contributed by atoms with E-state index in [0.717, 1.165) is 11.6 Å². The molecule has 0 saturated carbocycles. The van der Waals surface area contributed by atoms with Crippen molar-refractivity contribution in [2.45, 2.75) is 12.7 Å². The van der Waals surface area contributed by atoms with E-state index in [9.17, 15) is 13.2 Å². The lowest BCUT2D eigenvalue weighted by molar-refractivity contribution is -0.141. The Hall–Kier alpha value is -2.09. The second kappa shape index (κ2) is 6.13. The van der Waals surface area contributed by atoms with E-state index in [1.807, 2.05) is 0 Å². The Morgan fingerprint density at radius 3 is 2.43 bits per heavy atom. The first-order valence-corrected chi connectivity index (χ1v) is 6.40. The van der Waals surface area contributed by atoms with E-state index in [-0.39, 0.29) is 18.1 Å². The highest BCUT2D eigenvalue weighted by Crippen LogP contribution is 2.27. The second-order valence-electron chi connectivity index (χ2n) is 4.20. The van der Waals surface area contributed by atoms with Gasteiger partial charge in [-0.3, -0.25) is 4.68 Å². The summed E-state index contributed by atoms with van der Waals surface area (Å²) < 4.78 is 43.7. The van der Waals surface area contributed by atoms with Gasteiger partial charge >= 0.3 is 6.18 Å². The standard InChI is InChI=1S/C13H12F3N3OS/c14-13(15,16)11-5-6-19(18-11)7-8-20-10-3-1-9(2-4-10)12(17)21/h1-6H,7-8H2,(H2,17,21). The van der Waals surface area contributed by atoms with Crippen molar-refractivity contribution in [3.63, 3.8) is 0 Å². The van der Waals surface area contributed by atoms with Crippen LogP contribution in [0.1, 0.15) is 11.3 Å². The van der Waals surface area contributed by atoms with Gasteiger partial charge in [-0.1, -0.05) is 12.2 Å². The van der Waals surface area contributed by atoms with E-state index in [2.05, 4.69) is 5.10 Å². The van der Waals surface area contributed by atoms with Crippen LogP contribution in [-0.4, -0.2) is 21.4 Å². The molecule has 1 heterocycles. The number of hydrogen-bond acceptors (Lipinski definition) is 3. The van der Waals surface area contributed by atoms with Crippen molar-refractivity contribution < 1.29 is 17.9 Å². The summed E-state index contributed by atoms with van der Waals surface area (Å²) in [7, 11) is 0. The van der Waals surface area contributed by atoms with E-state index < -0.39 is 11.9 Å². The zero-order valence-corrected chi connectivity index (χ0v) is 11.6. The average molecular weight is 315 g/mol. The zero-order valence-electron chi connectivity index (χ0n) is 10.8. The van der Waals surface area contributed by atoms with Crippen LogP contribution in [-0.2, 0) is 12.7 Å². The van der Waals surface area contributed by atoms with Crippen molar-refractivity contribution in [2.75, 3.05) is 6.61 Å². The molecule has 0 saturated heterocycles. The molecule has 0 aliphatic carbocycles. The molecule has 1 aromatic carbocycles. The van der Waals surface area contributed by atoms with Gasteiger partial charge in [0.15, 0.2) is 5.69 Å². The summed E-state index contributed by atoms with van der Waals surface area (Å²) in [6.07, 6.45) is -3.16. The van der Waals surface area contributed by atoms with Gasteiger partial charge in [0.1, 0.15) is 17.3 Å². The Labute approximate surface area is 124 Å². The second-order valence-corrected chi connectivity index (χ2v) is 4.64. The Kier molecular flexibility index (Phi) is 4.46. The van der Waals surface area contributed by atoms with Crippen LogP contribution in [0.5, 0.6) is 5.75 Å². The van der Waals surface area contributed by atoms with Gasteiger partial charge in [0.2, 0.25) is 0 Å². The quantitative estimate of drug-likeness (QED) is 0.862. The number of nitrogens with zero attached hydrogens (tertiary/aromatic N) is 2. The van der Waals surface area contributed by atoms with Crippen LogP contribution < -0.4 is 10.5 Å². The third-order valence-corrected chi connectivity index (χ3v) is 2.89. The summed E-state index contributed by atoms with van der Waals surface area (Å²) >= 11 is 4.82. The third-order valence-electron chi connectivity index (χ3n) is 2.66. The number of ether oxygens (including phenoxy) is 1. The molecule has 0 aliphatic rings. The molecular weight excluding hydrogens is 303 g/mol. The number of halogens is 3. The lowest BCUT2D eigenvalue weighted by Crippen LogP contribution is -2.12. The molecule has 4 nitrogen and oxygen atoms in total. The topological polar surface area (TPSA) is 53.1 Å². The monoisotopic (exact) mass is 315 g/mol. The summed E-state index contributed by atoms with van der Waals surface area (Å²) in [5.41, 5.74) is 5.27. The molecule has 2 N–H and O–H groups in total. The molecule has 21 heavy (non-hydrogen) atoms. The molecular formula is C13H12F3N3OS. The van der Waals surface area contributed by atoms with Crippen LogP contribution in [0.15, 0.2) is 36.5 Å². The largest absolute Gasteiger partial charge is 0.492 e. The minimum Gasteiger partial charge on any atom is -0.492 e. The Morgan fingerprint density at radius 1 is 1.24 bits per heavy atom. The number of alkyl halides is 3. The molecule has 0 aliphatic heterocycles. The van der Waals surface area contributed by atoms with Gasteiger partial charge < -0.3 is 10.5 Å². The van der Waals surface area contributed by atoms with E-state index in [1.54, 1.807) is 24.3 Å². The highest BCUT2D eigenvalue weighted by Gasteiger charge is 2.33. The maximum atomic E-state index is 12.4. The van der Waals surface area contributed by atoms with Crippen molar-refractivity contribution in [2.24, 2.45) is 5.73 Å². The number of benzene rings is 1. The summed E-state index contributed by atoms with van der Waals surface area (Å²) in [4.78, 5) is 0.290. The lowest BCUT2D eigenvalue weighted by Gasteiger charge is -2.07. The number of aromatic nitrogens is 2. The molecule has 0 spiro atoms. The fourth-order valence-electron chi connectivity index (χ4n) is 1.61. The number of hydrogen-bond donors (Lipinski definition) is 1. The van der Waals surface area contributed by atoms with Crippen molar-refractivity contribution in [3.8, 4) is 5.75 Å². The average Bonchev–Trinajstić information content (AvgIpc) is 2.88. The Morgan fingerprint density at radius 2 is 1.90 bits per heavy atom. The van der Waals surface area contributed by atoms with Crippen LogP contribution in [0.25, 0.3) is 0 Å². The molecule has 112 valence electrons. The van der Waals surface area contributed by atoms with Gasteiger partial charge in [-0.15, -0.1) is 0 Å². The van der Waals surface area contributed by atoms with Crippen LogP contribution in [0.2, 0.25) is 0 Å². The van der Waals surface area contributed by atoms with Crippen LogP contribution in [0.4, 0.5) is 13.2 Å². The number of nitrogens with two attached hydrogens (primary N) is 1. The van der Waals surface area contributed by atoms with E-state index >= 15 is 0 Å². The SMILES string of the molecule is NC(=S)c1ccc(OCCn2ccc(C(F)(F)F)n2)cc1. The predicted molar refractivity (Wildman–Crippen MR) is 75.1 cm³/mol. The van der Waals surface area contributed by atoms with Crippen molar-refractivity contribution >= 4 is 17.2 Å². The zero-order chi connectivity index (χ0) is 15.5. The highest BCUT2D eigenvalue weighted by atomic mass is 32.1. The molecule has 0 fully saturated rings. The fourth-order valence-corrected chi connectivity index (χ4v) is 1.75. The third kappa shape index (κ3) is 4.19. The number of thiocarbonyl (C=S) groups is 1. The summed E-state index contributed by atoms with van der Waals surface area (Å²) in [5.74, 6) is 0.582. The summed E-state index contributed by atoms with van der Waals surface area (Å²) in [6, 6.07) is 7.75. The first kappa shape index (κ1) is 15.3. The molecule has 0 amide bonds. The van der Waals surface area contributed by atoms with Crippen LogP contribution in [0, 0.1) is 0 Å². The van der Waals surface area contributed by atoms with Gasteiger partial charge in [0.25, 0.3) is 0 Å². The maximum absolute atomic E-state index is 12.4. The summed E-state index contributed by atoms with van der Waals surface area (Å²) in [5, 5.41) is 3.43. The molecule has 8 heteroatoms. The Bertz CT molecular complexity index is 622.